The van der Waals surface area contributed by atoms with E-state index in [1.54, 1.807) is 5.51 Å². The van der Waals surface area contributed by atoms with Crippen molar-refractivity contribution < 1.29 is 53.9 Å². The SMILES string of the molecule is CON=C(C(=O)NC1C(=O)N2C(C(=O)[O-])=C(CSc3nncs3)CS[C@H]12)c1csc(N)n1.[Na+]. The van der Waals surface area contributed by atoms with E-state index >= 15 is 0 Å². The van der Waals surface area contributed by atoms with Gasteiger partial charge < -0.3 is 25.8 Å². The van der Waals surface area contributed by atoms with Crippen LogP contribution in [0, 0.1) is 0 Å². The molecule has 2 atom stereocenters. The normalized spacial score (nSPS) is 20.0. The molecule has 17 heteroatoms. The summed E-state index contributed by atoms with van der Waals surface area (Å²) >= 11 is 5.14. The predicted octanol–water partition coefficient (Wildman–Crippen LogP) is -3.87. The molecular weight excluding hydrogens is 521 g/mol. The zero-order valence-corrected chi connectivity index (χ0v) is 22.5. The molecule has 4 heterocycles. The van der Waals surface area contributed by atoms with Gasteiger partial charge in [-0.25, -0.2) is 4.98 Å². The van der Waals surface area contributed by atoms with E-state index in [9.17, 15) is 19.5 Å². The summed E-state index contributed by atoms with van der Waals surface area (Å²) in [5.74, 6) is -2.00. The number of aliphatic carboxylic acids is 1. The van der Waals surface area contributed by atoms with Crippen LogP contribution in [-0.2, 0) is 19.2 Å². The van der Waals surface area contributed by atoms with Crippen LogP contribution in [0.1, 0.15) is 5.69 Å². The van der Waals surface area contributed by atoms with Crippen molar-refractivity contribution in [3.8, 4) is 0 Å². The van der Waals surface area contributed by atoms with Crippen molar-refractivity contribution in [2.45, 2.75) is 15.8 Å². The summed E-state index contributed by atoms with van der Waals surface area (Å²) < 4.78 is 0.690. The Labute approximate surface area is 225 Å². The van der Waals surface area contributed by atoms with E-state index < -0.39 is 29.2 Å². The van der Waals surface area contributed by atoms with Gasteiger partial charge in [-0.15, -0.1) is 33.3 Å². The van der Waals surface area contributed by atoms with Gasteiger partial charge in [-0.05, 0) is 5.57 Å². The van der Waals surface area contributed by atoms with Crippen molar-refractivity contribution in [3.05, 3.63) is 27.9 Å². The van der Waals surface area contributed by atoms with E-state index in [1.165, 1.54) is 47.4 Å². The van der Waals surface area contributed by atoms with Gasteiger partial charge in [0.1, 0.15) is 29.7 Å². The first-order valence-corrected chi connectivity index (χ1v) is 12.6. The summed E-state index contributed by atoms with van der Waals surface area (Å²) in [4.78, 5) is 47.2. The fourth-order valence-corrected chi connectivity index (χ4v) is 6.58. The smallest absolute Gasteiger partial charge is 0.543 e. The molecule has 1 fully saturated rings. The number of hydrogen-bond donors (Lipinski definition) is 2. The fraction of sp³-hybridized carbons (Fsp3) is 0.312. The number of carbonyl (C=O) groups excluding carboxylic acids is 3. The van der Waals surface area contributed by atoms with Crippen molar-refractivity contribution in [1.29, 1.82) is 0 Å². The number of nitrogens with two attached hydrogens (primary N) is 1. The third-order valence-corrected chi connectivity index (χ3v) is 8.36. The molecule has 1 saturated heterocycles. The summed E-state index contributed by atoms with van der Waals surface area (Å²) in [7, 11) is 1.27. The number of amides is 2. The van der Waals surface area contributed by atoms with Gasteiger partial charge in [-0.1, -0.05) is 28.3 Å². The molecule has 33 heavy (non-hydrogen) atoms. The summed E-state index contributed by atoms with van der Waals surface area (Å²) in [5.41, 5.74) is 7.64. The average molecular weight is 536 g/mol. The summed E-state index contributed by atoms with van der Waals surface area (Å²) in [5, 5.41) is 27.0. The molecule has 0 aromatic carbocycles. The molecular formula is C16H14N7NaO5S4. The maximum atomic E-state index is 12.8. The first-order chi connectivity index (χ1) is 15.4. The molecule has 0 spiro atoms. The van der Waals surface area contributed by atoms with Crippen molar-refractivity contribution in [1.82, 2.24) is 25.4 Å². The Balaban J connectivity index is 0.00000306. The van der Waals surface area contributed by atoms with E-state index in [0.717, 1.165) is 16.2 Å². The molecule has 0 saturated carbocycles. The number of β-lactam (4-membered cyclic amide) rings is 1. The quantitative estimate of drug-likeness (QED) is 0.111. The number of nitrogens with one attached hydrogen (secondary N) is 1. The van der Waals surface area contributed by atoms with Gasteiger partial charge in [0, 0.05) is 16.9 Å². The zero-order chi connectivity index (χ0) is 22.8. The second-order valence-corrected chi connectivity index (χ2v) is 10.3. The molecule has 2 aliphatic rings. The molecule has 12 nitrogen and oxygen atoms in total. The molecule has 1 unspecified atom stereocenters. The number of nitrogens with zero attached hydrogens (tertiary/aromatic N) is 5. The number of aromatic nitrogens is 3. The van der Waals surface area contributed by atoms with Crippen LogP contribution < -0.4 is 45.7 Å². The van der Waals surface area contributed by atoms with Crippen LogP contribution in [-0.4, -0.2) is 73.6 Å². The third-order valence-electron chi connectivity index (χ3n) is 4.40. The zero-order valence-electron chi connectivity index (χ0n) is 17.2. The number of hydrogen-bond acceptors (Lipinski definition) is 14. The number of carboxylic acid groups (broad SMARTS) is 1. The van der Waals surface area contributed by atoms with E-state index in [1.807, 2.05) is 0 Å². The summed E-state index contributed by atoms with van der Waals surface area (Å²) in [6, 6.07) is -0.933. The predicted molar refractivity (Wildman–Crippen MR) is 118 cm³/mol. The van der Waals surface area contributed by atoms with E-state index in [0.29, 0.717) is 21.4 Å². The van der Waals surface area contributed by atoms with Gasteiger partial charge in [-0.2, -0.15) is 0 Å². The number of carboxylic acids is 1. The number of thioether (sulfide) groups is 2. The van der Waals surface area contributed by atoms with Crippen molar-refractivity contribution in [2.75, 3.05) is 24.3 Å². The van der Waals surface area contributed by atoms with Crippen LogP contribution in [0.2, 0.25) is 0 Å². The van der Waals surface area contributed by atoms with Gasteiger partial charge in [0.25, 0.3) is 11.8 Å². The maximum Gasteiger partial charge on any atom is 1.00 e. The molecule has 4 rings (SSSR count). The largest absolute Gasteiger partial charge is 1.00 e. The molecule has 3 N–H and O–H groups in total. The summed E-state index contributed by atoms with van der Waals surface area (Å²) in [6.45, 7) is 0. The van der Waals surface area contributed by atoms with Gasteiger partial charge in [0.05, 0.1) is 11.7 Å². The van der Waals surface area contributed by atoms with Crippen molar-refractivity contribution in [2.24, 2.45) is 5.16 Å². The molecule has 0 bridgehead atoms. The number of nitrogen functional groups attached to an aromatic ring is 1. The molecule has 2 amide bonds. The standard InChI is InChI=1S/C16H15N7O5S4.Na/c1-28-22-8(7-4-30-15(17)19-7)11(24)20-9-12(25)23-10(14(26)27)6(2-29-13(9)23)3-31-16-21-18-5-32-16;/h4-5,9,13H,2-3H2,1H3,(H2,17,19)(H,20,24)(H,26,27);/q;+1/p-1/t9?,13-;/m1./s1. The Kier molecular flexibility index (Phi) is 8.76. The third kappa shape index (κ3) is 5.36. The van der Waals surface area contributed by atoms with Gasteiger partial charge in [0.15, 0.2) is 15.2 Å². The van der Waals surface area contributed by atoms with Crippen LogP contribution in [0.4, 0.5) is 5.13 Å². The number of carbonyl (C=O) groups is 3. The van der Waals surface area contributed by atoms with E-state index in [4.69, 9.17) is 10.6 Å². The van der Waals surface area contributed by atoms with Crippen LogP contribution in [0.5, 0.6) is 0 Å². The molecule has 0 aliphatic carbocycles. The second-order valence-electron chi connectivity index (χ2n) is 6.29. The van der Waals surface area contributed by atoms with Crippen molar-refractivity contribution >= 4 is 74.8 Å². The van der Waals surface area contributed by atoms with Crippen LogP contribution in [0.25, 0.3) is 0 Å². The monoisotopic (exact) mass is 535 g/mol. The number of fused-ring (bicyclic) bond motifs is 1. The number of thiazole rings is 1. The number of rotatable bonds is 8. The Hall–Kier alpha value is -1.69. The Morgan fingerprint density at radius 2 is 2.24 bits per heavy atom. The molecule has 0 radical (unpaired) electrons. The first-order valence-electron chi connectivity index (χ1n) is 8.81. The van der Waals surface area contributed by atoms with Gasteiger partial charge >= 0.3 is 29.6 Å². The molecule has 2 aliphatic heterocycles. The Morgan fingerprint density at radius 3 is 2.85 bits per heavy atom. The first kappa shape index (κ1) is 25.9. The van der Waals surface area contributed by atoms with E-state index in [-0.39, 0.29) is 51.8 Å². The van der Waals surface area contributed by atoms with Crippen LogP contribution in [0.3, 0.4) is 0 Å². The van der Waals surface area contributed by atoms with Crippen molar-refractivity contribution in [3.63, 3.8) is 0 Å². The minimum absolute atomic E-state index is 0. The average Bonchev–Trinajstić information content (AvgIpc) is 3.45. The second kappa shape index (κ2) is 11.2. The number of oxime groups is 1. The van der Waals surface area contributed by atoms with Gasteiger partial charge in [-0.3, -0.25) is 14.5 Å². The maximum absolute atomic E-state index is 12.8. The van der Waals surface area contributed by atoms with E-state index in [2.05, 4.69) is 25.7 Å². The molecule has 2 aromatic heterocycles. The summed E-state index contributed by atoms with van der Waals surface area (Å²) in [6.07, 6.45) is 0. The minimum atomic E-state index is -1.44. The fourth-order valence-electron chi connectivity index (χ4n) is 3.06. The van der Waals surface area contributed by atoms with Crippen LogP contribution >= 0.6 is 46.2 Å². The van der Waals surface area contributed by atoms with Crippen LogP contribution in [0.15, 0.2) is 31.7 Å². The Bertz CT molecular complexity index is 1120. The number of anilines is 1. The van der Waals surface area contributed by atoms with Gasteiger partial charge in [0.2, 0.25) is 0 Å². The topological polar surface area (TPSA) is 176 Å². The molecule has 168 valence electrons. The molecule has 2 aromatic rings. The minimum Gasteiger partial charge on any atom is -0.543 e. The Morgan fingerprint density at radius 1 is 1.45 bits per heavy atom.